The van der Waals surface area contributed by atoms with Gasteiger partial charge in [-0.05, 0) is 66.5 Å². The molecule has 2 rings (SSSR count). The lowest BCUT2D eigenvalue weighted by atomic mass is 10.2. The van der Waals surface area contributed by atoms with E-state index < -0.39 is 23.2 Å². The minimum Gasteiger partial charge on any atom is -0.504 e. The normalized spacial score (nSPS) is 12.2. The third-order valence-corrected chi connectivity index (χ3v) is 4.34. The highest BCUT2D eigenvalue weighted by atomic mass is 79.9. The van der Waals surface area contributed by atoms with Gasteiger partial charge in [-0.2, -0.15) is 0 Å². The summed E-state index contributed by atoms with van der Waals surface area (Å²) in [5, 5.41) is 18.2. The summed E-state index contributed by atoms with van der Waals surface area (Å²) in [6.07, 6.45) is 0. The number of aliphatic hydroxyl groups excluding tert-OH is 1. The maximum atomic E-state index is 13.9. The van der Waals surface area contributed by atoms with Crippen LogP contribution in [0, 0.1) is 19.7 Å². The molecule has 0 amide bonds. The Bertz CT molecular complexity index is 948. The lowest BCUT2D eigenvalue weighted by molar-refractivity contribution is -0.138. The summed E-state index contributed by atoms with van der Waals surface area (Å²) in [6.45, 7) is 5.27. The summed E-state index contributed by atoms with van der Waals surface area (Å²) >= 11 is 9.00. The van der Waals surface area contributed by atoms with E-state index in [0.29, 0.717) is 10.2 Å². The molecule has 0 bridgehead atoms. The fraction of sp³-hybridized carbons (Fsp3) is 0.222. The van der Waals surface area contributed by atoms with Crippen molar-refractivity contribution in [2.45, 2.75) is 20.8 Å². The van der Waals surface area contributed by atoms with E-state index in [2.05, 4.69) is 31.1 Å². The SMILES string of the molecule is CCOC(=O)/C(N=Nc1ccc(Cl)cc1F)=C(/O)c1nc(C)c(C)cc1Br. The molecule has 1 aromatic carbocycles. The first-order valence-electron chi connectivity index (χ1n) is 7.85. The van der Waals surface area contributed by atoms with E-state index in [4.69, 9.17) is 16.3 Å². The number of ether oxygens (including phenoxy) is 1. The number of esters is 1. The van der Waals surface area contributed by atoms with E-state index in [0.717, 1.165) is 11.6 Å². The van der Waals surface area contributed by atoms with Crippen LogP contribution in [0.5, 0.6) is 0 Å². The zero-order valence-corrected chi connectivity index (χ0v) is 17.1. The first-order chi connectivity index (χ1) is 12.7. The van der Waals surface area contributed by atoms with Crippen molar-refractivity contribution in [1.82, 2.24) is 4.98 Å². The van der Waals surface area contributed by atoms with Crippen molar-refractivity contribution in [3.63, 3.8) is 0 Å². The van der Waals surface area contributed by atoms with Crippen LogP contribution in [0.3, 0.4) is 0 Å². The number of rotatable bonds is 5. The molecule has 0 radical (unpaired) electrons. The van der Waals surface area contributed by atoms with Crippen molar-refractivity contribution >= 4 is 44.9 Å². The summed E-state index contributed by atoms with van der Waals surface area (Å²) in [7, 11) is 0. The van der Waals surface area contributed by atoms with Crippen molar-refractivity contribution < 1.29 is 19.0 Å². The molecule has 0 aliphatic carbocycles. The Hall–Kier alpha value is -2.32. The van der Waals surface area contributed by atoms with Gasteiger partial charge in [0.25, 0.3) is 0 Å². The Kier molecular flexibility index (Phi) is 7.04. The van der Waals surface area contributed by atoms with Crippen molar-refractivity contribution in [1.29, 1.82) is 0 Å². The molecule has 0 fully saturated rings. The van der Waals surface area contributed by atoms with Crippen LogP contribution in [0.1, 0.15) is 23.9 Å². The Morgan fingerprint density at radius 1 is 1.37 bits per heavy atom. The average Bonchev–Trinajstić information content (AvgIpc) is 2.60. The van der Waals surface area contributed by atoms with Crippen LogP contribution in [0.2, 0.25) is 5.02 Å². The van der Waals surface area contributed by atoms with Gasteiger partial charge in [-0.3, -0.25) is 0 Å². The summed E-state index contributed by atoms with van der Waals surface area (Å²) in [4.78, 5) is 16.5. The van der Waals surface area contributed by atoms with Crippen LogP contribution >= 0.6 is 27.5 Å². The van der Waals surface area contributed by atoms with Gasteiger partial charge in [-0.15, -0.1) is 10.2 Å². The molecule has 0 aliphatic rings. The first-order valence-corrected chi connectivity index (χ1v) is 9.03. The second-order valence-corrected chi connectivity index (χ2v) is 6.73. The lowest BCUT2D eigenvalue weighted by Gasteiger charge is -2.09. The Morgan fingerprint density at radius 2 is 2.07 bits per heavy atom. The standard InChI is InChI=1S/C18H16BrClFN3O3/c1-4-27-18(26)16(24-23-14-6-5-11(20)8-13(14)21)17(25)15-12(19)7-9(2)10(3)22-15/h5-8,25H,4H2,1-3H3/b17-16-,24-23?. The summed E-state index contributed by atoms with van der Waals surface area (Å²) in [5.41, 5.74) is 0.991. The topological polar surface area (TPSA) is 84.1 Å². The molecule has 9 heteroatoms. The van der Waals surface area contributed by atoms with E-state index in [1.807, 2.05) is 6.92 Å². The third-order valence-electron chi connectivity index (χ3n) is 3.50. The molecular formula is C18H16BrClFN3O3. The van der Waals surface area contributed by atoms with Crippen molar-refractivity contribution in [3.8, 4) is 0 Å². The van der Waals surface area contributed by atoms with E-state index >= 15 is 0 Å². The predicted molar refractivity (Wildman–Crippen MR) is 104 cm³/mol. The number of benzene rings is 1. The molecule has 0 saturated carbocycles. The minimum atomic E-state index is -0.917. The van der Waals surface area contributed by atoms with Crippen LogP contribution in [0.25, 0.3) is 5.76 Å². The quantitative estimate of drug-likeness (QED) is 0.266. The molecule has 0 unspecified atom stereocenters. The van der Waals surface area contributed by atoms with Gasteiger partial charge in [0.1, 0.15) is 11.4 Å². The second-order valence-electron chi connectivity index (χ2n) is 5.43. The van der Waals surface area contributed by atoms with Gasteiger partial charge in [0.2, 0.25) is 5.70 Å². The van der Waals surface area contributed by atoms with Crippen molar-refractivity contribution in [2.75, 3.05) is 6.61 Å². The third kappa shape index (κ3) is 5.11. The monoisotopic (exact) mass is 455 g/mol. The van der Waals surface area contributed by atoms with Gasteiger partial charge in [0.05, 0.1) is 6.61 Å². The largest absolute Gasteiger partial charge is 0.504 e. The smallest absolute Gasteiger partial charge is 0.362 e. The molecule has 1 aromatic heterocycles. The molecule has 1 N–H and O–H groups in total. The number of pyridine rings is 1. The number of nitrogens with zero attached hydrogens (tertiary/aromatic N) is 3. The van der Waals surface area contributed by atoms with Crippen LogP contribution in [-0.4, -0.2) is 22.7 Å². The molecule has 0 saturated heterocycles. The zero-order valence-electron chi connectivity index (χ0n) is 14.8. The van der Waals surface area contributed by atoms with Gasteiger partial charge in [0.15, 0.2) is 11.6 Å². The average molecular weight is 457 g/mol. The highest BCUT2D eigenvalue weighted by Crippen LogP contribution is 2.28. The van der Waals surface area contributed by atoms with E-state index in [1.165, 1.54) is 12.1 Å². The highest BCUT2D eigenvalue weighted by molar-refractivity contribution is 9.10. The molecular weight excluding hydrogens is 441 g/mol. The number of aromatic nitrogens is 1. The highest BCUT2D eigenvalue weighted by Gasteiger charge is 2.22. The molecule has 0 spiro atoms. The van der Waals surface area contributed by atoms with Crippen molar-refractivity contribution in [3.05, 3.63) is 62.2 Å². The number of aryl methyl sites for hydroxylation is 2. The van der Waals surface area contributed by atoms with Gasteiger partial charge >= 0.3 is 5.97 Å². The molecule has 1 heterocycles. The number of azo groups is 1. The number of hydrogen-bond donors (Lipinski definition) is 1. The van der Waals surface area contributed by atoms with Crippen LogP contribution in [0.4, 0.5) is 10.1 Å². The van der Waals surface area contributed by atoms with Crippen molar-refractivity contribution in [2.24, 2.45) is 10.2 Å². The molecule has 0 aliphatic heterocycles. The minimum absolute atomic E-state index is 0.0575. The molecule has 2 aromatic rings. The maximum Gasteiger partial charge on any atom is 0.362 e. The maximum absolute atomic E-state index is 13.9. The molecule has 142 valence electrons. The molecule has 27 heavy (non-hydrogen) atoms. The van der Waals surface area contributed by atoms with Gasteiger partial charge in [0, 0.05) is 15.2 Å². The fourth-order valence-corrected chi connectivity index (χ4v) is 2.78. The first kappa shape index (κ1) is 21.0. The van der Waals surface area contributed by atoms with E-state index in [-0.39, 0.29) is 23.0 Å². The van der Waals surface area contributed by atoms with E-state index in [1.54, 1.807) is 19.9 Å². The Morgan fingerprint density at radius 3 is 2.70 bits per heavy atom. The number of carbonyl (C=O) groups is 1. The van der Waals surface area contributed by atoms with E-state index in [9.17, 15) is 14.3 Å². The summed E-state index contributed by atoms with van der Waals surface area (Å²) < 4.78 is 19.2. The lowest BCUT2D eigenvalue weighted by Crippen LogP contribution is -2.09. The number of carbonyl (C=O) groups excluding carboxylic acids is 1. The number of aliphatic hydroxyl groups is 1. The molecule has 0 atom stereocenters. The Balaban J connectivity index is 2.57. The Labute approximate surface area is 168 Å². The summed E-state index contributed by atoms with van der Waals surface area (Å²) in [5.74, 6) is -2.18. The van der Waals surface area contributed by atoms with Crippen LogP contribution in [-0.2, 0) is 9.53 Å². The van der Waals surface area contributed by atoms with Crippen LogP contribution < -0.4 is 0 Å². The van der Waals surface area contributed by atoms with Gasteiger partial charge in [-0.1, -0.05) is 11.6 Å². The van der Waals surface area contributed by atoms with Crippen LogP contribution in [0.15, 0.2) is 44.7 Å². The second kappa shape index (κ2) is 9.05. The van der Waals surface area contributed by atoms with Gasteiger partial charge < -0.3 is 9.84 Å². The number of halogens is 3. The van der Waals surface area contributed by atoms with Gasteiger partial charge in [-0.25, -0.2) is 14.2 Å². The fourth-order valence-electron chi connectivity index (χ4n) is 2.00. The predicted octanol–water partition coefficient (Wildman–Crippen LogP) is 5.83. The molecule has 6 nitrogen and oxygen atoms in total. The summed E-state index contributed by atoms with van der Waals surface area (Å²) in [6, 6.07) is 5.52. The zero-order chi connectivity index (χ0) is 20.1. The number of hydrogen-bond acceptors (Lipinski definition) is 6.